The lowest BCUT2D eigenvalue weighted by Gasteiger charge is -1.96. The molecule has 0 aliphatic rings. The van der Waals surface area contributed by atoms with Gasteiger partial charge in [-0.3, -0.25) is 0 Å². The van der Waals surface area contributed by atoms with E-state index in [0.29, 0.717) is 5.69 Å². The van der Waals surface area contributed by atoms with Crippen LogP contribution in [0.1, 0.15) is 22.3 Å². The Bertz CT molecular complexity index is 495. The highest BCUT2D eigenvalue weighted by Gasteiger charge is 2.13. The first-order valence-electron chi connectivity index (χ1n) is 4.45. The first kappa shape index (κ1) is 9.27. The van der Waals surface area contributed by atoms with Crippen molar-refractivity contribution < 1.29 is 9.90 Å². The van der Waals surface area contributed by atoms with Crippen LogP contribution in [0.3, 0.4) is 0 Å². The maximum absolute atomic E-state index is 10.8. The van der Waals surface area contributed by atoms with Gasteiger partial charge in [0.25, 0.3) is 0 Å². The molecule has 0 radical (unpaired) electrons. The zero-order chi connectivity index (χ0) is 10.3. The van der Waals surface area contributed by atoms with Crippen molar-refractivity contribution in [2.45, 2.75) is 13.3 Å². The van der Waals surface area contributed by atoms with E-state index in [2.05, 4.69) is 13.0 Å². The number of nitrogens with zero attached hydrogens (tertiary/aromatic N) is 1. The fourth-order valence-corrected chi connectivity index (χ4v) is 2.60. The molecule has 0 saturated carbocycles. The summed E-state index contributed by atoms with van der Waals surface area (Å²) in [6, 6.07) is 3.79. The number of aromatic nitrogens is 1. The predicted octanol–water partition coefficient (Wildman–Crippen LogP) is 2.50. The van der Waals surface area contributed by atoms with Gasteiger partial charge in [-0.05, 0) is 18.6 Å². The number of aryl methyl sites for hydroxylation is 2. The summed E-state index contributed by atoms with van der Waals surface area (Å²) in [7, 11) is 1.79. The summed E-state index contributed by atoms with van der Waals surface area (Å²) in [6.07, 6.45) is 1.00. The minimum atomic E-state index is -0.867. The molecule has 3 nitrogen and oxygen atoms in total. The third kappa shape index (κ3) is 1.23. The van der Waals surface area contributed by atoms with Gasteiger partial charge in [0.1, 0.15) is 10.5 Å². The van der Waals surface area contributed by atoms with Gasteiger partial charge in [0.05, 0.1) is 0 Å². The Morgan fingerprint density at radius 3 is 2.79 bits per heavy atom. The van der Waals surface area contributed by atoms with Crippen LogP contribution in [0.4, 0.5) is 0 Å². The molecule has 2 aromatic rings. The van der Waals surface area contributed by atoms with E-state index >= 15 is 0 Å². The van der Waals surface area contributed by atoms with Crippen LogP contribution in [0.2, 0.25) is 0 Å². The molecule has 0 amide bonds. The first-order valence-corrected chi connectivity index (χ1v) is 5.26. The summed E-state index contributed by atoms with van der Waals surface area (Å²) in [6.45, 7) is 2.10. The molecular formula is C10H11NO2S. The Hall–Kier alpha value is -1.29. The van der Waals surface area contributed by atoms with Crippen LogP contribution in [0.15, 0.2) is 12.1 Å². The number of aromatic carboxylic acids is 1. The third-order valence-corrected chi connectivity index (χ3v) is 3.69. The van der Waals surface area contributed by atoms with Crippen molar-refractivity contribution in [2.24, 2.45) is 7.05 Å². The van der Waals surface area contributed by atoms with Crippen LogP contribution < -0.4 is 0 Å². The van der Waals surface area contributed by atoms with Crippen molar-refractivity contribution in [1.82, 2.24) is 4.57 Å². The predicted molar refractivity (Wildman–Crippen MR) is 57.1 cm³/mol. The quantitative estimate of drug-likeness (QED) is 0.825. The Balaban J connectivity index is 2.66. The Morgan fingerprint density at radius 1 is 1.57 bits per heavy atom. The lowest BCUT2D eigenvalue weighted by Crippen LogP contribution is -2.03. The molecule has 0 aromatic carbocycles. The summed E-state index contributed by atoms with van der Waals surface area (Å²) in [5, 5.41) is 9.93. The average molecular weight is 209 g/mol. The van der Waals surface area contributed by atoms with Gasteiger partial charge in [0.15, 0.2) is 0 Å². The standard InChI is InChI=1S/C10H11NO2S/c1-3-7-4-6-5-8(10(12)13)11(2)9(6)14-7/h4-5H,3H2,1-2H3,(H,12,13). The van der Waals surface area contributed by atoms with E-state index in [4.69, 9.17) is 5.11 Å². The summed E-state index contributed by atoms with van der Waals surface area (Å²) >= 11 is 1.66. The van der Waals surface area contributed by atoms with E-state index in [1.807, 2.05) is 0 Å². The lowest BCUT2D eigenvalue weighted by molar-refractivity contribution is 0.0687. The number of fused-ring (bicyclic) bond motifs is 1. The molecule has 0 atom stereocenters. The zero-order valence-electron chi connectivity index (χ0n) is 8.07. The van der Waals surface area contributed by atoms with Crippen LogP contribution in [-0.2, 0) is 13.5 Å². The molecule has 0 bridgehead atoms. The fourth-order valence-electron chi connectivity index (χ4n) is 1.55. The molecule has 4 heteroatoms. The number of thiophene rings is 1. The first-order chi connectivity index (χ1) is 6.63. The molecule has 1 N–H and O–H groups in total. The van der Waals surface area contributed by atoms with Crippen LogP contribution in [0, 0.1) is 0 Å². The highest BCUT2D eigenvalue weighted by molar-refractivity contribution is 7.18. The van der Waals surface area contributed by atoms with Gasteiger partial charge in [-0.25, -0.2) is 4.79 Å². The smallest absolute Gasteiger partial charge is 0.352 e. The molecule has 74 valence electrons. The van der Waals surface area contributed by atoms with Crippen molar-refractivity contribution in [3.05, 3.63) is 22.7 Å². The maximum atomic E-state index is 10.8. The van der Waals surface area contributed by atoms with E-state index in [1.165, 1.54) is 4.88 Å². The van der Waals surface area contributed by atoms with Gasteiger partial charge in [0, 0.05) is 17.3 Å². The molecular weight excluding hydrogens is 198 g/mol. The number of carboxylic acids is 1. The Morgan fingerprint density at radius 2 is 2.29 bits per heavy atom. The second-order valence-corrected chi connectivity index (χ2v) is 4.34. The average Bonchev–Trinajstić information content (AvgIpc) is 2.65. The monoisotopic (exact) mass is 209 g/mol. The Kier molecular flexibility index (Phi) is 2.07. The van der Waals surface area contributed by atoms with Crippen molar-refractivity contribution in [3.63, 3.8) is 0 Å². The minimum absolute atomic E-state index is 0.355. The lowest BCUT2D eigenvalue weighted by atomic mass is 10.3. The SMILES string of the molecule is CCc1cc2cc(C(=O)O)n(C)c2s1. The Labute approximate surface area is 85.6 Å². The van der Waals surface area contributed by atoms with Crippen LogP contribution >= 0.6 is 11.3 Å². The number of carboxylic acid groups (broad SMARTS) is 1. The van der Waals surface area contributed by atoms with Gasteiger partial charge >= 0.3 is 5.97 Å². The number of carbonyl (C=O) groups is 1. The van der Waals surface area contributed by atoms with Gasteiger partial charge in [-0.2, -0.15) is 0 Å². The molecule has 2 heterocycles. The van der Waals surface area contributed by atoms with E-state index in [0.717, 1.165) is 16.6 Å². The van der Waals surface area contributed by atoms with E-state index in [1.54, 1.807) is 29.0 Å². The molecule has 0 fully saturated rings. The van der Waals surface area contributed by atoms with E-state index in [-0.39, 0.29) is 0 Å². The van der Waals surface area contributed by atoms with Crippen LogP contribution in [-0.4, -0.2) is 15.6 Å². The maximum Gasteiger partial charge on any atom is 0.352 e. The van der Waals surface area contributed by atoms with Crippen molar-refractivity contribution >= 4 is 27.5 Å². The van der Waals surface area contributed by atoms with Crippen LogP contribution in [0.25, 0.3) is 10.2 Å². The fraction of sp³-hybridized carbons (Fsp3) is 0.300. The van der Waals surface area contributed by atoms with Crippen molar-refractivity contribution in [2.75, 3.05) is 0 Å². The van der Waals surface area contributed by atoms with E-state index in [9.17, 15) is 4.79 Å². The summed E-state index contributed by atoms with van der Waals surface area (Å²) < 4.78 is 1.74. The molecule has 0 unspecified atom stereocenters. The molecule has 2 aromatic heterocycles. The second-order valence-electron chi connectivity index (χ2n) is 3.22. The van der Waals surface area contributed by atoms with Gasteiger partial charge < -0.3 is 9.67 Å². The van der Waals surface area contributed by atoms with Crippen LogP contribution in [0.5, 0.6) is 0 Å². The molecule has 0 saturated heterocycles. The molecule has 0 aliphatic carbocycles. The zero-order valence-corrected chi connectivity index (χ0v) is 8.89. The van der Waals surface area contributed by atoms with Gasteiger partial charge in [-0.15, -0.1) is 11.3 Å². The summed E-state index contributed by atoms with van der Waals surface area (Å²) in [5.41, 5.74) is 0.355. The summed E-state index contributed by atoms with van der Waals surface area (Å²) in [5.74, 6) is -0.867. The van der Waals surface area contributed by atoms with Gasteiger partial charge in [0.2, 0.25) is 0 Å². The van der Waals surface area contributed by atoms with Gasteiger partial charge in [-0.1, -0.05) is 6.92 Å². The second kappa shape index (κ2) is 3.13. The van der Waals surface area contributed by atoms with Crippen molar-refractivity contribution in [3.8, 4) is 0 Å². The largest absolute Gasteiger partial charge is 0.477 e. The molecule has 2 rings (SSSR count). The van der Waals surface area contributed by atoms with E-state index < -0.39 is 5.97 Å². The van der Waals surface area contributed by atoms with Crippen molar-refractivity contribution in [1.29, 1.82) is 0 Å². The highest BCUT2D eigenvalue weighted by Crippen LogP contribution is 2.28. The molecule has 14 heavy (non-hydrogen) atoms. The summed E-state index contributed by atoms with van der Waals surface area (Å²) in [4.78, 5) is 13.2. The number of hydrogen-bond acceptors (Lipinski definition) is 2. The number of hydrogen-bond donors (Lipinski definition) is 1. The normalized spacial score (nSPS) is 11.0. The molecule has 0 aliphatic heterocycles. The minimum Gasteiger partial charge on any atom is -0.477 e. The molecule has 0 spiro atoms. The highest BCUT2D eigenvalue weighted by atomic mass is 32.1. The third-order valence-electron chi connectivity index (χ3n) is 2.32. The topological polar surface area (TPSA) is 42.2 Å². The number of rotatable bonds is 2.